The maximum Gasteiger partial charge on any atom is 0.344 e. The van der Waals surface area contributed by atoms with Gasteiger partial charge in [-0.1, -0.05) is 26.0 Å². The number of hydrogen-bond acceptors (Lipinski definition) is 5. The van der Waals surface area contributed by atoms with Crippen LogP contribution in [-0.4, -0.2) is 36.0 Å². The molecule has 0 N–H and O–H groups in total. The van der Waals surface area contributed by atoms with Crippen molar-refractivity contribution >= 4 is 23.2 Å². The summed E-state index contributed by atoms with van der Waals surface area (Å²) in [5.41, 5.74) is 2.39. The summed E-state index contributed by atoms with van der Waals surface area (Å²) in [6.07, 6.45) is 0.0409. The summed E-state index contributed by atoms with van der Waals surface area (Å²) in [4.78, 5) is 27.7. The van der Waals surface area contributed by atoms with Crippen LogP contribution in [0.25, 0.3) is 0 Å². The fraction of sp³-hybridized carbons (Fsp3) is 0.429. The van der Waals surface area contributed by atoms with Gasteiger partial charge in [-0.3, -0.25) is 4.79 Å². The van der Waals surface area contributed by atoms with Gasteiger partial charge in [0.1, 0.15) is 5.75 Å². The van der Waals surface area contributed by atoms with Gasteiger partial charge in [-0.25, -0.2) is 4.79 Å². The number of benzene rings is 1. The molecule has 144 valence electrons. The second kappa shape index (κ2) is 8.57. The third-order valence-corrected chi connectivity index (χ3v) is 5.70. The first-order valence-electron chi connectivity index (χ1n) is 9.20. The molecule has 2 heterocycles. The summed E-state index contributed by atoms with van der Waals surface area (Å²) in [7, 11) is 0. The first kappa shape index (κ1) is 19.4. The van der Waals surface area contributed by atoms with Crippen molar-refractivity contribution in [1.82, 2.24) is 4.90 Å². The number of thiophene rings is 1. The van der Waals surface area contributed by atoms with Crippen LogP contribution in [0.2, 0.25) is 0 Å². The molecule has 0 saturated carbocycles. The van der Waals surface area contributed by atoms with Crippen LogP contribution < -0.4 is 4.74 Å². The molecular weight excluding hydrogens is 362 g/mol. The third-order valence-electron chi connectivity index (χ3n) is 4.68. The SMILES string of the molecule is CC(OC(=O)COc1ccc(C(C)C)cc1)C(=O)N1CCc2sccc2C1. The minimum absolute atomic E-state index is 0.165. The van der Waals surface area contributed by atoms with E-state index in [1.165, 1.54) is 16.0 Å². The van der Waals surface area contributed by atoms with Gasteiger partial charge >= 0.3 is 5.97 Å². The molecule has 2 aromatic rings. The van der Waals surface area contributed by atoms with Crippen molar-refractivity contribution in [3.05, 3.63) is 51.7 Å². The Bertz CT molecular complexity index is 797. The highest BCUT2D eigenvalue weighted by Gasteiger charge is 2.27. The van der Waals surface area contributed by atoms with Crippen LogP contribution in [0.5, 0.6) is 5.75 Å². The van der Waals surface area contributed by atoms with E-state index >= 15 is 0 Å². The minimum Gasteiger partial charge on any atom is -0.482 e. The second-order valence-corrected chi connectivity index (χ2v) is 8.02. The van der Waals surface area contributed by atoms with Crippen molar-refractivity contribution < 1.29 is 19.1 Å². The van der Waals surface area contributed by atoms with E-state index in [1.807, 2.05) is 29.6 Å². The quantitative estimate of drug-likeness (QED) is 0.708. The lowest BCUT2D eigenvalue weighted by molar-refractivity contribution is -0.161. The Kier molecular flexibility index (Phi) is 6.16. The van der Waals surface area contributed by atoms with Crippen LogP contribution in [0.1, 0.15) is 42.7 Å². The van der Waals surface area contributed by atoms with E-state index in [-0.39, 0.29) is 12.5 Å². The van der Waals surface area contributed by atoms with Gasteiger partial charge in [0.2, 0.25) is 0 Å². The van der Waals surface area contributed by atoms with E-state index in [0.717, 1.165) is 6.42 Å². The van der Waals surface area contributed by atoms with Gasteiger partial charge in [0.05, 0.1) is 0 Å². The van der Waals surface area contributed by atoms with Gasteiger partial charge in [-0.15, -0.1) is 11.3 Å². The van der Waals surface area contributed by atoms with Crippen molar-refractivity contribution in [2.45, 2.75) is 45.8 Å². The summed E-state index contributed by atoms with van der Waals surface area (Å²) < 4.78 is 10.7. The molecule has 1 aromatic carbocycles. The fourth-order valence-electron chi connectivity index (χ4n) is 3.07. The number of rotatable bonds is 6. The van der Waals surface area contributed by atoms with Crippen molar-refractivity contribution in [3.8, 4) is 5.75 Å². The van der Waals surface area contributed by atoms with Crippen LogP contribution in [0, 0.1) is 0 Å². The number of carbonyl (C=O) groups excluding carboxylic acids is 2. The third kappa shape index (κ3) is 4.89. The average Bonchev–Trinajstić information content (AvgIpc) is 3.13. The number of nitrogens with zero attached hydrogens (tertiary/aromatic N) is 1. The smallest absolute Gasteiger partial charge is 0.344 e. The lowest BCUT2D eigenvalue weighted by Crippen LogP contribution is -2.42. The number of fused-ring (bicyclic) bond motifs is 1. The van der Waals surface area contributed by atoms with Gasteiger partial charge < -0.3 is 14.4 Å². The normalized spacial score (nSPS) is 14.6. The number of esters is 1. The predicted octanol–water partition coefficient (Wildman–Crippen LogP) is 3.77. The Morgan fingerprint density at radius 1 is 1.15 bits per heavy atom. The zero-order valence-electron chi connectivity index (χ0n) is 15.9. The van der Waals surface area contributed by atoms with Crippen molar-refractivity contribution in [3.63, 3.8) is 0 Å². The number of carbonyl (C=O) groups is 2. The fourth-order valence-corrected chi connectivity index (χ4v) is 3.96. The van der Waals surface area contributed by atoms with Crippen LogP contribution in [0.3, 0.4) is 0 Å². The molecule has 0 aliphatic carbocycles. The molecule has 0 spiro atoms. The molecule has 1 aliphatic heterocycles. The topological polar surface area (TPSA) is 55.8 Å². The largest absolute Gasteiger partial charge is 0.482 e. The molecule has 0 bridgehead atoms. The summed E-state index contributed by atoms with van der Waals surface area (Å²) in [5.74, 6) is 0.339. The minimum atomic E-state index is -0.815. The Hall–Kier alpha value is -2.34. The van der Waals surface area contributed by atoms with E-state index < -0.39 is 12.1 Å². The highest BCUT2D eigenvalue weighted by molar-refractivity contribution is 7.10. The van der Waals surface area contributed by atoms with E-state index in [0.29, 0.717) is 24.8 Å². The molecule has 1 unspecified atom stereocenters. The Labute approximate surface area is 163 Å². The van der Waals surface area contributed by atoms with Crippen LogP contribution >= 0.6 is 11.3 Å². The molecule has 0 fully saturated rings. The molecule has 3 rings (SSSR count). The molecule has 6 heteroatoms. The molecule has 0 saturated heterocycles. The van der Waals surface area contributed by atoms with Gasteiger partial charge in [0.25, 0.3) is 5.91 Å². The van der Waals surface area contributed by atoms with Crippen LogP contribution in [-0.2, 0) is 27.3 Å². The first-order valence-corrected chi connectivity index (χ1v) is 10.1. The summed E-state index contributed by atoms with van der Waals surface area (Å²) >= 11 is 1.73. The highest BCUT2D eigenvalue weighted by Crippen LogP contribution is 2.24. The maximum absolute atomic E-state index is 12.6. The summed E-state index contributed by atoms with van der Waals surface area (Å²) in [5, 5.41) is 2.05. The molecule has 1 amide bonds. The van der Waals surface area contributed by atoms with Gasteiger partial charge in [0.15, 0.2) is 12.7 Å². The van der Waals surface area contributed by atoms with Crippen molar-refractivity contribution in [1.29, 1.82) is 0 Å². The van der Waals surface area contributed by atoms with Crippen molar-refractivity contribution in [2.24, 2.45) is 0 Å². The molecule has 27 heavy (non-hydrogen) atoms. The number of hydrogen-bond donors (Lipinski definition) is 0. The second-order valence-electron chi connectivity index (χ2n) is 7.02. The van der Waals surface area contributed by atoms with Crippen molar-refractivity contribution in [2.75, 3.05) is 13.2 Å². The van der Waals surface area contributed by atoms with Crippen LogP contribution in [0.4, 0.5) is 0 Å². The number of ether oxygens (including phenoxy) is 2. The van der Waals surface area contributed by atoms with E-state index in [9.17, 15) is 9.59 Å². The Balaban J connectivity index is 1.46. The lowest BCUT2D eigenvalue weighted by Gasteiger charge is -2.29. The van der Waals surface area contributed by atoms with Gasteiger partial charge in [-0.05, 0) is 54.0 Å². The average molecular weight is 388 g/mol. The van der Waals surface area contributed by atoms with Gasteiger partial charge in [0, 0.05) is 18.0 Å². The Morgan fingerprint density at radius 3 is 2.59 bits per heavy atom. The Morgan fingerprint density at radius 2 is 1.89 bits per heavy atom. The van der Waals surface area contributed by atoms with Crippen LogP contribution in [0.15, 0.2) is 35.7 Å². The van der Waals surface area contributed by atoms with E-state index in [4.69, 9.17) is 9.47 Å². The van der Waals surface area contributed by atoms with E-state index in [2.05, 4.69) is 19.9 Å². The standard InChI is InChI=1S/C21H25NO4S/c1-14(2)16-4-6-18(7-5-16)25-13-20(23)26-15(3)21(24)22-10-8-19-17(12-22)9-11-27-19/h4-7,9,11,14-15H,8,10,12-13H2,1-3H3. The molecular formula is C21H25NO4S. The highest BCUT2D eigenvalue weighted by atomic mass is 32.1. The zero-order chi connectivity index (χ0) is 19.4. The lowest BCUT2D eigenvalue weighted by atomic mass is 10.0. The zero-order valence-corrected chi connectivity index (χ0v) is 16.8. The monoisotopic (exact) mass is 387 g/mol. The first-order chi connectivity index (χ1) is 12.9. The molecule has 1 atom stereocenters. The van der Waals surface area contributed by atoms with E-state index in [1.54, 1.807) is 23.2 Å². The van der Waals surface area contributed by atoms with Gasteiger partial charge in [-0.2, -0.15) is 0 Å². The number of amides is 1. The maximum atomic E-state index is 12.6. The molecule has 0 radical (unpaired) electrons. The molecule has 1 aromatic heterocycles. The summed E-state index contributed by atoms with van der Waals surface area (Å²) in [6, 6.07) is 9.68. The molecule has 1 aliphatic rings. The predicted molar refractivity (Wildman–Crippen MR) is 105 cm³/mol. The summed E-state index contributed by atoms with van der Waals surface area (Å²) in [6.45, 7) is 6.87. The molecule has 5 nitrogen and oxygen atoms in total.